The minimum atomic E-state index is -0.510. The van der Waals surface area contributed by atoms with Gasteiger partial charge in [0.2, 0.25) is 5.91 Å². The number of carbonyl (C=O) groups is 3. The molecule has 0 unspecified atom stereocenters. The van der Waals surface area contributed by atoms with E-state index >= 15 is 0 Å². The van der Waals surface area contributed by atoms with E-state index in [1.165, 1.54) is 11.3 Å². The fourth-order valence-electron chi connectivity index (χ4n) is 2.23. The number of nitrogens with zero attached hydrogens (tertiary/aromatic N) is 1. The van der Waals surface area contributed by atoms with E-state index in [0.717, 1.165) is 5.39 Å². The second-order valence-corrected chi connectivity index (χ2v) is 6.24. The number of fused-ring (bicyclic) bond motifs is 1. The second-order valence-electron chi connectivity index (χ2n) is 5.29. The summed E-state index contributed by atoms with van der Waals surface area (Å²) in [5.41, 5.74) is 5.51. The SMILES string of the molecule is O=C(CCC(=O)c1cccs1)NNC(=O)c1ccc2ccccc2n1. The summed E-state index contributed by atoms with van der Waals surface area (Å²) in [6, 6.07) is 14.3. The van der Waals surface area contributed by atoms with Crippen molar-refractivity contribution in [2.75, 3.05) is 0 Å². The number of pyridine rings is 1. The molecule has 6 nitrogen and oxygen atoms in total. The zero-order chi connectivity index (χ0) is 17.6. The van der Waals surface area contributed by atoms with E-state index in [4.69, 9.17) is 0 Å². The Kier molecular flexibility index (Phi) is 5.15. The summed E-state index contributed by atoms with van der Waals surface area (Å²) in [4.78, 5) is 40.5. The van der Waals surface area contributed by atoms with Crippen molar-refractivity contribution in [1.82, 2.24) is 15.8 Å². The lowest BCUT2D eigenvalue weighted by Crippen LogP contribution is -2.42. The van der Waals surface area contributed by atoms with Crippen LogP contribution in [-0.4, -0.2) is 22.6 Å². The van der Waals surface area contributed by atoms with E-state index in [-0.39, 0.29) is 24.3 Å². The highest BCUT2D eigenvalue weighted by molar-refractivity contribution is 7.12. The summed E-state index contributed by atoms with van der Waals surface area (Å²) in [7, 11) is 0. The molecule has 0 spiro atoms. The Bertz CT molecular complexity index is 922. The van der Waals surface area contributed by atoms with Gasteiger partial charge in [-0.3, -0.25) is 25.2 Å². The van der Waals surface area contributed by atoms with Gasteiger partial charge in [-0.2, -0.15) is 0 Å². The van der Waals surface area contributed by atoms with Gasteiger partial charge >= 0.3 is 0 Å². The highest BCUT2D eigenvalue weighted by Crippen LogP contribution is 2.12. The molecule has 2 amide bonds. The molecule has 0 fully saturated rings. The Hall–Kier alpha value is -3.06. The third-order valence-corrected chi connectivity index (χ3v) is 4.43. The topological polar surface area (TPSA) is 88.2 Å². The summed E-state index contributed by atoms with van der Waals surface area (Å²) in [6.45, 7) is 0. The van der Waals surface area contributed by atoms with Crippen LogP contribution in [0.3, 0.4) is 0 Å². The summed E-state index contributed by atoms with van der Waals surface area (Å²) < 4.78 is 0. The molecular formula is C18H15N3O3S. The van der Waals surface area contributed by atoms with E-state index < -0.39 is 11.8 Å². The van der Waals surface area contributed by atoms with Crippen LogP contribution < -0.4 is 10.9 Å². The number of hydrogen-bond donors (Lipinski definition) is 2. The Labute approximate surface area is 147 Å². The first-order chi connectivity index (χ1) is 12.1. The van der Waals surface area contributed by atoms with E-state index in [0.29, 0.717) is 10.4 Å². The predicted molar refractivity (Wildman–Crippen MR) is 95.2 cm³/mol. The fourth-order valence-corrected chi connectivity index (χ4v) is 2.93. The molecule has 1 aromatic carbocycles. The quantitative estimate of drug-likeness (QED) is 0.545. The third-order valence-electron chi connectivity index (χ3n) is 3.52. The van der Waals surface area contributed by atoms with Crippen molar-refractivity contribution in [3.8, 4) is 0 Å². The molecule has 0 aliphatic rings. The summed E-state index contributed by atoms with van der Waals surface area (Å²) >= 11 is 1.34. The molecule has 0 aliphatic carbocycles. The number of ketones is 1. The number of hydrogen-bond acceptors (Lipinski definition) is 5. The second kappa shape index (κ2) is 7.67. The van der Waals surface area contributed by atoms with Crippen LogP contribution in [0.5, 0.6) is 0 Å². The number of Topliss-reactive ketones (excluding diaryl/α,β-unsaturated/α-hetero) is 1. The summed E-state index contributed by atoms with van der Waals surface area (Å²) in [5.74, 6) is -1.03. The van der Waals surface area contributed by atoms with Gasteiger partial charge in [0.05, 0.1) is 10.4 Å². The molecule has 0 radical (unpaired) electrons. The molecule has 0 bridgehead atoms. The van der Waals surface area contributed by atoms with Crippen LogP contribution in [0.1, 0.15) is 33.0 Å². The summed E-state index contributed by atoms with van der Waals surface area (Å²) in [5, 5.41) is 2.74. The van der Waals surface area contributed by atoms with Crippen molar-refractivity contribution in [3.05, 3.63) is 64.5 Å². The Morgan fingerprint density at radius 3 is 2.56 bits per heavy atom. The van der Waals surface area contributed by atoms with Gasteiger partial charge < -0.3 is 0 Å². The van der Waals surface area contributed by atoms with Crippen LogP contribution in [0, 0.1) is 0 Å². The van der Waals surface area contributed by atoms with Crippen molar-refractivity contribution in [2.45, 2.75) is 12.8 Å². The molecule has 0 atom stereocenters. The van der Waals surface area contributed by atoms with Gasteiger partial charge in [-0.1, -0.05) is 30.3 Å². The number of carbonyl (C=O) groups excluding carboxylic acids is 3. The minimum absolute atomic E-state index is 0.00215. The number of aromatic nitrogens is 1. The van der Waals surface area contributed by atoms with Crippen LogP contribution in [0.4, 0.5) is 0 Å². The Morgan fingerprint density at radius 1 is 0.920 bits per heavy atom. The number of rotatable bonds is 5. The predicted octanol–water partition coefficient (Wildman–Crippen LogP) is 2.72. The number of para-hydroxylation sites is 1. The lowest BCUT2D eigenvalue weighted by molar-refractivity contribution is -0.121. The molecular weight excluding hydrogens is 338 g/mol. The van der Waals surface area contributed by atoms with Gasteiger partial charge in [-0.15, -0.1) is 11.3 Å². The van der Waals surface area contributed by atoms with Gasteiger partial charge in [0, 0.05) is 18.2 Å². The number of hydrazine groups is 1. The number of nitrogens with one attached hydrogen (secondary N) is 2. The lowest BCUT2D eigenvalue weighted by atomic mass is 10.2. The van der Waals surface area contributed by atoms with Crippen molar-refractivity contribution in [1.29, 1.82) is 0 Å². The maximum Gasteiger partial charge on any atom is 0.288 e. The first kappa shape index (κ1) is 16.8. The van der Waals surface area contributed by atoms with Gasteiger partial charge in [-0.25, -0.2) is 4.98 Å². The molecule has 2 aromatic heterocycles. The average molecular weight is 353 g/mol. The van der Waals surface area contributed by atoms with E-state index in [9.17, 15) is 14.4 Å². The molecule has 2 N–H and O–H groups in total. The highest BCUT2D eigenvalue weighted by Gasteiger charge is 2.12. The molecule has 126 valence electrons. The van der Waals surface area contributed by atoms with Crippen LogP contribution >= 0.6 is 11.3 Å². The number of thiophene rings is 1. The molecule has 25 heavy (non-hydrogen) atoms. The van der Waals surface area contributed by atoms with Crippen molar-refractivity contribution in [3.63, 3.8) is 0 Å². The van der Waals surface area contributed by atoms with Crippen molar-refractivity contribution < 1.29 is 14.4 Å². The molecule has 7 heteroatoms. The summed E-state index contributed by atoms with van der Waals surface area (Å²) in [6.07, 6.45) is 0.0958. The average Bonchev–Trinajstić information content (AvgIpc) is 3.18. The standard InChI is InChI=1S/C18H15N3O3S/c22-15(16-6-3-11-25-16)9-10-17(23)20-21-18(24)14-8-7-12-4-1-2-5-13(12)19-14/h1-8,11H,9-10H2,(H,20,23)(H,21,24). The van der Waals surface area contributed by atoms with Gasteiger partial charge in [0.25, 0.3) is 5.91 Å². The zero-order valence-electron chi connectivity index (χ0n) is 13.2. The Morgan fingerprint density at radius 2 is 1.76 bits per heavy atom. The van der Waals surface area contributed by atoms with Gasteiger partial charge in [0.1, 0.15) is 5.69 Å². The zero-order valence-corrected chi connectivity index (χ0v) is 14.0. The van der Waals surface area contributed by atoms with E-state index in [2.05, 4.69) is 15.8 Å². The highest BCUT2D eigenvalue weighted by atomic mass is 32.1. The molecule has 0 saturated carbocycles. The first-order valence-electron chi connectivity index (χ1n) is 7.65. The number of benzene rings is 1. The largest absolute Gasteiger partial charge is 0.293 e. The number of amides is 2. The maximum atomic E-state index is 12.1. The molecule has 3 aromatic rings. The molecule has 0 saturated heterocycles. The molecule has 3 rings (SSSR count). The normalized spacial score (nSPS) is 10.4. The van der Waals surface area contributed by atoms with Gasteiger partial charge in [0.15, 0.2) is 5.78 Å². The molecule has 0 aliphatic heterocycles. The minimum Gasteiger partial charge on any atom is -0.293 e. The van der Waals surface area contributed by atoms with Crippen LogP contribution in [-0.2, 0) is 4.79 Å². The van der Waals surface area contributed by atoms with E-state index in [1.807, 2.05) is 23.6 Å². The first-order valence-corrected chi connectivity index (χ1v) is 8.53. The Balaban J connectivity index is 1.50. The van der Waals surface area contributed by atoms with Gasteiger partial charge in [-0.05, 0) is 23.6 Å². The van der Waals surface area contributed by atoms with Crippen LogP contribution in [0.15, 0.2) is 53.9 Å². The van der Waals surface area contributed by atoms with Crippen LogP contribution in [0.25, 0.3) is 10.9 Å². The van der Waals surface area contributed by atoms with E-state index in [1.54, 1.807) is 30.3 Å². The fraction of sp³-hybridized carbons (Fsp3) is 0.111. The monoisotopic (exact) mass is 353 g/mol. The van der Waals surface area contributed by atoms with Crippen molar-refractivity contribution >= 4 is 39.8 Å². The maximum absolute atomic E-state index is 12.1. The van der Waals surface area contributed by atoms with Crippen molar-refractivity contribution in [2.24, 2.45) is 0 Å². The molecule has 2 heterocycles. The smallest absolute Gasteiger partial charge is 0.288 e. The lowest BCUT2D eigenvalue weighted by Gasteiger charge is -2.07. The van der Waals surface area contributed by atoms with Crippen LogP contribution in [0.2, 0.25) is 0 Å². The third kappa shape index (κ3) is 4.27.